The molecule has 0 aromatic carbocycles. The topological polar surface area (TPSA) is 43.4 Å². The minimum atomic E-state index is -0.333. The first-order valence-electron chi connectivity index (χ1n) is 4.84. The molecule has 3 nitrogen and oxygen atoms in total. The van der Waals surface area contributed by atoms with E-state index in [1.54, 1.807) is 13.0 Å². The molecule has 2 unspecified atom stereocenters. The molecule has 0 N–H and O–H groups in total. The quantitative estimate of drug-likeness (QED) is 0.389. The van der Waals surface area contributed by atoms with Crippen molar-refractivity contribution in [3.8, 4) is 0 Å². The Balaban J connectivity index is 2.47. The number of esters is 1. The molecule has 0 aromatic heterocycles. The lowest BCUT2D eigenvalue weighted by Gasteiger charge is -1.96. The van der Waals surface area contributed by atoms with Crippen LogP contribution < -0.4 is 0 Å². The van der Waals surface area contributed by atoms with Gasteiger partial charge in [0, 0.05) is 12.0 Å². The van der Waals surface area contributed by atoms with E-state index in [-0.39, 0.29) is 23.2 Å². The number of aldehydes is 1. The third-order valence-corrected chi connectivity index (χ3v) is 2.87. The Kier molecular flexibility index (Phi) is 3.09. The zero-order valence-corrected chi connectivity index (χ0v) is 8.82. The van der Waals surface area contributed by atoms with Gasteiger partial charge in [0.25, 0.3) is 0 Å². The fourth-order valence-electron chi connectivity index (χ4n) is 1.72. The van der Waals surface area contributed by atoms with E-state index in [2.05, 4.69) is 0 Å². The summed E-state index contributed by atoms with van der Waals surface area (Å²) in [6.45, 7) is 6.19. The van der Waals surface area contributed by atoms with Crippen molar-refractivity contribution in [1.82, 2.24) is 0 Å². The third-order valence-electron chi connectivity index (χ3n) is 2.87. The van der Waals surface area contributed by atoms with E-state index in [0.29, 0.717) is 6.61 Å². The Morgan fingerprint density at radius 1 is 1.43 bits per heavy atom. The van der Waals surface area contributed by atoms with Gasteiger partial charge in [-0.2, -0.15) is 0 Å². The minimum Gasteiger partial charge on any atom is -0.463 e. The Morgan fingerprint density at radius 2 is 2.07 bits per heavy atom. The zero-order chi connectivity index (χ0) is 10.8. The molecule has 2 atom stereocenters. The van der Waals surface area contributed by atoms with E-state index < -0.39 is 0 Å². The molecule has 78 valence electrons. The first-order chi connectivity index (χ1) is 6.54. The molecule has 0 saturated heterocycles. The molecule has 0 aliphatic heterocycles. The van der Waals surface area contributed by atoms with Crippen molar-refractivity contribution in [1.29, 1.82) is 0 Å². The zero-order valence-electron chi connectivity index (χ0n) is 8.82. The number of rotatable bonds is 4. The van der Waals surface area contributed by atoms with Gasteiger partial charge in [0.05, 0.1) is 6.61 Å². The average molecular weight is 196 g/mol. The van der Waals surface area contributed by atoms with Gasteiger partial charge >= 0.3 is 5.97 Å². The van der Waals surface area contributed by atoms with E-state index in [4.69, 9.17) is 4.74 Å². The normalized spacial score (nSPS) is 28.8. The summed E-state index contributed by atoms with van der Waals surface area (Å²) in [5, 5.41) is 0. The summed E-state index contributed by atoms with van der Waals surface area (Å²) in [6.07, 6.45) is 4.15. The number of ether oxygens (including phenoxy) is 1. The molecule has 1 saturated carbocycles. The van der Waals surface area contributed by atoms with Gasteiger partial charge in [-0.15, -0.1) is 0 Å². The maximum absolute atomic E-state index is 11.0. The fourth-order valence-corrected chi connectivity index (χ4v) is 1.72. The number of allylic oxidation sites excluding steroid dienone is 1. The summed E-state index contributed by atoms with van der Waals surface area (Å²) in [5.41, 5.74) is 0.00471. The second-order valence-electron chi connectivity index (χ2n) is 4.12. The van der Waals surface area contributed by atoms with Gasteiger partial charge in [0.15, 0.2) is 0 Å². The molecule has 1 aliphatic rings. The molecule has 0 spiro atoms. The van der Waals surface area contributed by atoms with E-state index in [0.717, 1.165) is 6.29 Å². The summed E-state index contributed by atoms with van der Waals surface area (Å²) in [6, 6.07) is 0. The summed E-state index contributed by atoms with van der Waals surface area (Å²) < 4.78 is 4.74. The van der Waals surface area contributed by atoms with Crippen LogP contribution in [0, 0.1) is 17.3 Å². The van der Waals surface area contributed by atoms with Gasteiger partial charge < -0.3 is 9.53 Å². The summed E-state index contributed by atoms with van der Waals surface area (Å²) in [5.74, 6) is -0.0996. The molecule has 14 heavy (non-hydrogen) atoms. The van der Waals surface area contributed by atoms with Crippen molar-refractivity contribution < 1.29 is 14.3 Å². The summed E-state index contributed by atoms with van der Waals surface area (Å²) in [4.78, 5) is 21.6. The lowest BCUT2D eigenvalue weighted by Crippen LogP contribution is -1.99. The van der Waals surface area contributed by atoms with Crippen molar-refractivity contribution in [2.75, 3.05) is 6.61 Å². The second kappa shape index (κ2) is 3.95. The molecule has 1 fully saturated rings. The van der Waals surface area contributed by atoms with Crippen LogP contribution >= 0.6 is 0 Å². The predicted molar refractivity (Wildman–Crippen MR) is 52.6 cm³/mol. The molecular weight excluding hydrogens is 180 g/mol. The van der Waals surface area contributed by atoms with Crippen molar-refractivity contribution in [2.24, 2.45) is 17.3 Å². The molecular formula is C11H16O3. The van der Waals surface area contributed by atoms with Crippen molar-refractivity contribution >= 4 is 12.3 Å². The van der Waals surface area contributed by atoms with Crippen molar-refractivity contribution in [2.45, 2.75) is 20.8 Å². The van der Waals surface area contributed by atoms with Crippen LogP contribution in [0.25, 0.3) is 0 Å². The second-order valence-corrected chi connectivity index (χ2v) is 4.12. The molecule has 1 rings (SSSR count). The monoisotopic (exact) mass is 196 g/mol. The van der Waals surface area contributed by atoms with Crippen LogP contribution in [0.2, 0.25) is 0 Å². The molecule has 0 aromatic rings. The molecule has 0 heterocycles. The van der Waals surface area contributed by atoms with Crippen LogP contribution in [0.15, 0.2) is 12.2 Å². The highest BCUT2D eigenvalue weighted by Crippen LogP contribution is 2.57. The number of carbonyl (C=O) groups is 2. The van der Waals surface area contributed by atoms with E-state index in [9.17, 15) is 9.59 Å². The maximum atomic E-state index is 11.0. The Bertz CT molecular complexity index is 266. The van der Waals surface area contributed by atoms with Gasteiger partial charge in [-0.05, 0) is 18.3 Å². The van der Waals surface area contributed by atoms with Gasteiger partial charge in [-0.25, -0.2) is 4.79 Å². The largest absolute Gasteiger partial charge is 0.463 e. The highest BCUT2D eigenvalue weighted by atomic mass is 16.5. The predicted octanol–water partition coefficient (Wildman–Crippen LogP) is 1.58. The van der Waals surface area contributed by atoms with E-state index in [1.807, 2.05) is 13.8 Å². The minimum absolute atomic E-state index is 0.00471. The molecule has 0 amide bonds. The van der Waals surface area contributed by atoms with Gasteiger partial charge in [-0.1, -0.05) is 19.9 Å². The third kappa shape index (κ3) is 2.03. The molecule has 0 radical (unpaired) electrons. The van der Waals surface area contributed by atoms with Crippen LogP contribution in [0.1, 0.15) is 20.8 Å². The Hall–Kier alpha value is -1.12. The van der Waals surface area contributed by atoms with Crippen LogP contribution in [0.3, 0.4) is 0 Å². The highest BCUT2D eigenvalue weighted by Gasteiger charge is 2.56. The van der Waals surface area contributed by atoms with Gasteiger partial charge in [0.2, 0.25) is 0 Å². The van der Waals surface area contributed by atoms with Crippen LogP contribution in [0.5, 0.6) is 0 Å². The molecule has 0 bridgehead atoms. The van der Waals surface area contributed by atoms with Gasteiger partial charge in [0.1, 0.15) is 6.29 Å². The average Bonchev–Trinajstić information content (AvgIpc) is 2.64. The first-order valence-corrected chi connectivity index (χ1v) is 4.84. The first kappa shape index (κ1) is 11.0. The smallest absolute Gasteiger partial charge is 0.330 e. The van der Waals surface area contributed by atoms with Crippen LogP contribution in [-0.2, 0) is 14.3 Å². The summed E-state index contributed by atoms with van der Waals surface area (Å²) in [7, 11) is 0. The van der Waals surface area contributed by atoms with Gasteiger partial charge in [-0.3, -0.25) is 0 Å². The molecule has 3 heteroatoms. The standard InChI is InChI=1S/C11H16O3/c1-4-14-10(13)6-5-8-9(7-12)11(8,2)3/h5-9H,4H2,1-3H3. The fraction of sp³-hybridized carbons (Fsp3) is 0.636. The van der Waals surface area contributed by atoms with Crippen molar-refractivity contribution in [3.05, 3.63) is 12.2 Å². The van der Waals surface area contributed by atoms with Crippen LogP contribution in [-0.4, -0.2) is 18.9 Å². The maximum Gasteiger partial charge on any atom is 0.330 e. The highest BCUT2D eigenvalue weighted by molar-refractivity contribution is 5.82. The molecule has 1 aliphatic carbocycles. The van der Waals surface area contributed by atoms with Crippen LogP contribution in [0.4, 0.5) is 0 Å². The SMILES string of the molecule is CCOC(=O)C=CC1C(C=O)C1(C)C. The van der Waals surface area contributed by atoms with E-state index >= 15 is 0 Å². The number of hydrogen-bond donors (Lipinski definition) is 0. The number of hydrogen-bond acceptors (Lipinski definition) is 3. The van der Waals surface area contributed by atoms with E-state index in [1.165, 1.54) is 6.08 Å². The lowest BCUT2D eigenvalue weighted by atomic mass is 10.1. The van der Waals surface area contributed by atoms with Crippen molar-refractivity contribution in [3.63, 3.8) is 0 Å². The Labute approximate surface area is 84.1 Å². The Morgan fingerprint density at radius 3 is 2.50 bits per heavy atom. The summed E-state index contributed by atoms with van der Waals surface area (Å²) >= 11 is 0. The number of carbonyl (C=O) groups excluding carboxylic acids is 2. The lowest BCUT2D eigenvalue weighted by molar-refractivity contribution is -0.137.